The van der Waals surface area contributed by atoms with E-state index in [2.05, 4.69) is 20.7 Å². The fraction of sp³-hybridized carbons (Fsp3) is 0.182. The molecule has 1 aromatic heterocycles. The van der Waals surface area contributed by atoms with Crippen LogP contribution in [0.1, 0.15) is 10.5 Å². The van der Waals surface area contributed by atoms with Crippen LogP contribution in [0.4, 0.5) is 5.69 Å². The van der Waals surface area contributed by atoms with E-state index in [1.54, 1.807) is 12.1 Å². The highest BCUT2D eigenvalue weighted by molar-refractivity contribution is 6.34. The van der Waals surface area contributed by atoms with Crippen molar-refractivity contribution in [2.24, 2.45) is 0 Å². The van der Waals surface area contributed by atoms with Crippen molar-refractivity contribution < 1.29 is 14.3 Å². The highest BCUT2D eigenvalue weighted by Gasteiger charge is 2.14. The predicted octanol–water partition coefficient (Wildman–Crippen LogP) is 1.73. The lowest BCUT2D eigenvalue weighted by atomic mass is 10.2. The summed E-state index contributed by atoms with van der Waals surface area (Å²) in [5.41, 5.74) is 0.554. The summed E-state index contributed by atoms with van der Waals surface area (Å²) < 4.78 is 10.2. The third-order valence-electron chi connectivity index (χ3n) is 2.37. The molecule has 0 unspecified atom stereocenters. The van der Waals surface area contributed by atoms with Crippen LogP contribution in [0, 0.1) is 0 Å². The van der Waals surface area contributed by atoms with Crippen molar-refractivity contribution in [1.82, 2.24) is 15.4 Å². The Bertz CT molecular complexity index is 586. The summed E-state index contributed by atoms with van der Waals surface area (Å²) in [4.78, 5) is 11.8. The van der Waals surface area contributed by atoms with Crippen LogP contribution in [-0.4, -0.2) is 35.5 Å². The molecule has 0 saturated carbocycles. The van der Waals surface area contributed by atoms with Crippen LogP contribution in [0.2, 0.25) is 5.02 Å². The van der Waals surface area contributed by atoms with Crippen LogP contribution in [0.25, 0.3) is 0 Å². The molecule has 0 aliphatic heterocycles. The lowest BCUT2D eigenvalue weighted by molar-refractivity contribution is 0.102. The van der Waals surface area contributed by atoms with Gasteiger partial charge in [-0.3, -0.25) is 4.79 Å². The molecule has 0 aliphatic carbocycles. The lowest BCUT2D eigenvalue weighted by Crippen LogP contribution is -2.13. The average Bonchev–Trinajstić information content (AvgIpc) is 2.94. The molecule has 0 aliphatic rings. The molecule has 0 spiro atoms. The van der Waals surface area contributed by atoms with Crippen LogP contribution in [-0.2, 0) is 0 Å². The van der Waals surface area contributed by atoms with E-state index in [-0.39, 0.29) is 5.69 Å². The molecular weight excluding hydrogens is 272 g/mol. The zero-order valence-corrected chi connectivity index (χ0v) is 11.0. The Balaban J connectivity index is 2.28. The molecule has 0 atom stereocenters. The molecule has 8 heteroatoms. The van der Waals surface area contributed by atoms with Crippen LogP contribution < -0.4 is 14.8 Å². The first kappa shape index (κ1) is 13.2. The molecule has 19 heavy (non-hydrogen) atoms. The smallest absolute Gasteiger partial charge is 0.277 e. The average molecular weight is 283 g/mol. The molecule has 2 aromatic rings. The van der Waals surface area contributed by atoms with Crippen molar-refractivity contribution in [2.75, 3.05) is 19.5 Å². The topological polar surface area (TPSA) is 89.1 Å². The monoisotopic (exact) mass is 282 g/mol. The van der Waals surface area contributed by atoms with Crippen molar-refractivity contribution >= 4 is 23.2 Å². The summed E-state index contributed by atoms with van der Waals surface area (Å²) in [6, 6.07) is 3.12. The first-order chi connectivity index (χ1) is 9.15. The zero-order valence-electron chi connectivity index (χ0n) is 10.2. The fourth-order valence-electron chi connectivity index (χ4n) is 1.45. The van der Waals surface area contributed by atoms with Gasteiger partial charge in [0.1, 0.15) is 0 Å². The summed E-state index contributed by atoms with van der Waals surface area (Å²) in [6.07, 6.45) is 1.31. The van der Waals surface area contributed by atoms with Crippen molar-refractivity contribution in [3.8, 4) is 11.5 Å². The van der Waals surface area contributed by atoms with Gasteiger partial charge in [0.2, 0.25) is 0 Å². The largest absolute Gasteiger partial charge is 0.493 e. The number of ether oxygens (including phenoxy) is 2. The van der Waals surface area contributed by atoms with Crippen molar-refractivity contribution in [2.45, 2.75) is 0 Å². The minimum Gasteiger partial charge on any atom is -0.493 e. The Kier molecular flexibility index (Phi) is 3.86. The first-order valence-corrected chi connectivity index (χ1v) is 5.62. The highest BCUT2D eigenvalue weighted by Crippen LogP contribution is 2.36. The van der Waals surface area contributed by atoms with Crippen LogP contribution in [0.3, 0.4) is 0 Å². The van der Waals surface area contributed by atoms with E-state index in [0.29, 0.717) is 22.2 Å². The van der Waals surface area contributed by atoms with E-state index in [9.17, 15) is 4.79 Å². The van der Waals surface area contributed by atoms with Gasteiger partial charge in [-0.2, -0.15) is 15.4 Å². The number of nitrogens with one attached hydrogen (secondary N) is 2. The van der Waals surface area contributed by atoms with Crippen LogP contribution >= 0.6 is 11.6 Å². The van der Waals surface area contributed by atoms with Crippen LogP contribution in [0.15, 0.2) is 18.3 Å². The standard InChI is InChI=1S/C11H11ClN4O3/c1-18-9-3-6(12)7(4-10(9)19-2)14-11(17)8-5-13-16-15-8/h3-5H,1-2H3,(H,14,17)(H,13,15,16). The Labute approximate surface area is 113 Å². The maximum absolute atomic E-state index is 11.8. The minimum absolute atomic E-state index is 0.158. The summed E-state index contributed by atoms with van der Waals surface area (Å²) >= 11 is 6.05. The second-order valence-electron chi connectivity index (χ2n) is 3.50. The van der Waals surface area contributed by atoms with E-state index < -0.39 is 5.91 Å². The SMILES string of the molecule is COc1cc(Cl)c(NC(=O)c2cn[nH]n2)cc1OC. The van der Waals surface area contributed by atoms with E-state index in [1.807, 2.05) is 0 Å². The summed E-state index contributed by atoms with van der Waals surface area (Å²) in [5.74, 6) is 0.511. The van der Waals surface area contributed by atoms with Gasteiger partial charge in [0.05, 0.1) is 31.1 Å². The number of hydrogen-bond acceptors (Lipinski definition) is 5. The highest BCUT2D eigenvalue weighted by atomic mass is 35.5. The van der Waals surface area contributed by atoms with Gasteiger partial charge in [0.25, 0.3) is 5.91 Å². The number of rotatable bonds is 4. The third kappa shape index (κ3) is 2.76. The molecule has 1 aromatic carbocycles. The Morgan fingerprint density at radius 3 is 2.58 bits per heavy atom. The minimum atomic E-state index is -0.428. The van der Waals surface area contributed by atoms with E-state index in [4.69, 9.17) is 21.1 Å². The lowest BCUT2D eigenvalue weighted by Gasteiger charge is -2.11. The number of amides is 1. The number of aromatic amines is 1. The molecule has 0 bridgehead atoms. The molecule has 0 radical (unpaired) electrons. The Morgan fingerprint density at radius 1 is 1.32 bits per heavy atom. The number of halogens is 1. The second-order valence-corrected chi connectivity index (χ2v) is 3.90. The molecule has 1 heterocycles. The van der Waals surface area contributed by atoms with Gasteiger partial charge in [-0.05, 0) is 0 Å². The predicted molar refractivity (Wildman–Crippen MR) is 68.9 cm³/mol. The number of methoxy groups -OCH3 is 2. The number of benzene rings is 1. The van der Waals surface area contributed by atoms with Crippen LogP contribution in [0.5, 0.6) is 11.5 Å². The van der Waals surface area contributed by atoms with Gasteiger partial charge in [-0.25, -0.2) is 0 Å². The van der Waals surface area contributed by atoms with Gasteiger partial charge in [-0.1, -0.05) is 11.6 Å². The number of aromatic nitrogens is 3. The van der Waals surface area contributed by atoms with Gasteiger partial charge in [0, 0.05) is 12.1 Å². The number of carbonyl (C=O) groups excluding carboxylic acids is 1. The summed E-state index contributed by atoms with van der Waals surface area (Å²) in [5, 5.41) is 12.5. The molecule has 0 fully saturated rings. The Hall–Kier alpha value is -2.28. The Morgan fingerprint density at radius 2 is 2.00 bits per heavy atom. The molecule has 2 rings (SSSR count). The molecule has 100 valence electrons. The second kappa shape index (κ2) is 5.57. The van der Waals surface area contributed by atoms with E-state index in [0.717, 1.165) is 0 Å². The van der Waals surface area contributed by atoms with Crippen molar-refractivity contribution in [1.29, 1.82) is 0 Å². The van der Waals surface area contributed by atoms with Gasteiger partial charge in [-0.15, -0.1) is 0 Å². The molecule has 1 amide bonds. The number of carbonyl (C=O) groups is 1. The number of H-pyrrole nitrogens is 1. The zero-order chi connectivity index (χ0) is 13.8. The van der Waals surface area contributed by atoms with Gasteiger partial charge >= 0.3 is 0 Å². The first-order valence-electron chi connectivity index (χ1n) is 5.24. The quantitative estimate of drug-likeness (QED) is 0.891. The van der Waals surface area contributed by atoms with E-state index >= 15 is 0 Å². The molecule has 2 N–H and O–H groups in total. The molecule has 0 saturated heterocycles. The number of nitrogens with zero attached hydrogens (tertiary/aromatic N) is 2. The summed E-state index contributed by atoms with van der Waals surface area (Å²) in [7, 11) is 3.00. The maximum Gasteiger partial charge on any atom is 0.277 e. The van der Waals surface area contributed by atoms with Crippen molar-refractivity contribution in [3.63, 3.8) is 0 Å². The molecular formula is C11H11ClN4O3. The maximum atomic E-state index is 11.8. The van der Waals surface area contributed by atoms with Gasteiger partial charge < -0.3 is 14.8 Å². The molecule has 7 nitrogen and oxygen atoms in total. The summed E-state index contributed by atoms with van der Waals surface area (Å²) in [6.45, 7) is 0. The van der Waals surface area contributed by atoms with Gasteiger partial charge in [0.15, 0.2) is 17.2 Å². The van der Waals surface area contributed by atoms with Crippen molar-refractivity contribution in [3.05, 3.63) is 29.0 Å². The number of hydrogen-bond donors (Lipinski definition) is 2. The number of anilines is 1. The normalized spacial score (nSPS) is 10.1. The third-order valence-corrected chi connectivity index (χ3v) is 2.68. The fourth-order valence-corrected chi connectivity index (χ4v) is 1.65. The van der Waals surface area contributed by atoms with E-state index in [1.165, 1.54) is 20.4 Å².